The van der Waals surface area contributed by atoms with Crippen molar-refractivity contribution in [3.8, 4) is 0 Å². The topological polar surface area (TPSA) is 47.4 Å². The quantitative estimate of drug-likeness (QED) is 0.643. The van der Waals surface area contributed by atoms with Crippen LogP contribution in [0.25, 0.3) is 10.9 Å². The normalized spacial score (nSPS) is 17.7. The molecular formula is C22H25N3O2. The Bertz CT molecular complexity index is 1000. The highest BCUT2D eigenvalue weighted by atomic mass is 16.6. The van der Waals surface area contributed by atoms with Gasteiger partial charge in [-0.2, -0.15) is 9.78 Å². The van der Waals surface area contributed by atoms with Crippen LogP contribution in [0.3, 0.4) is 0 Å². The largest absolute Gasteiger partial charge is 0.442 e. The van der Waals surface area contributed by atoms with E-state index in [9.17, 15) is 4.79 Å². The number of hydrogen-bond donors (Lipinski definition) is 0. The van der Waals surface area contributed by atoms with E-state index in [4.69, 9.17) is 4.74 Å². The molecule has 1 atom stereocenters. The monoisotopic (exact) mass is 363 g/mol. The van der Waals surface area contributed by atoms with Crippen molar-refractivity contribution in [1.29, 1.82) is 0 Å². The van der Waals surface area contributed by atoms with Gasteiger partial charge in [0, 0.05) is 24.4 Å². The average molecular weight is 363 g/mol. The summed E-state index contributed by atoms with van der Waals surface area (Å²) in [5.41, 5.74) is 4.13. The Balaban J connectivity index is 1.76. The molecule has 0 saturated carbocycles. The summed E-state index contributed by atoms with van der Waals surface area (Å²) in [5.74, 6) is 0.270. The molecular weight excluding hydrogens is 338 g/mol. The minimum atomic E-state index is -0.558. The van der Waals surface area contributed by atoms with Crippen LogP contribution in [-0.4, -0.2) is 40.0 Å². The molecule has 1 aromatic heterocycles. The Morgan fingerprint density at radius 2 is 1.96 bits per heavy atom. The lowest BCUT2D eigenvalue weighted by atomic mass is 9.84. The number of ether oxygens (including phenoxy) is 1. The maximum absolute atomic E-state index is 12.5. The minimum Gasteiger partial charge on any atom is -0.442 e. The van der Waals surface area contributed by atoms with Gasteiger partial charge in [0.15, 0.2) is 0 Å². The van der Waals surface area contributed by atoms with Crippen molar-refractivity contribution < 1.29 is 9.53 Å². The van der Waals surface area contributed by atoms with Crippen LogP contribution >= 0.6 is 0 Å². The van der Waals surface area contributed by atoms with E-state index in [1.165, 1.54) is 21.4 Å². The standard InChI is InChI=1S/C22H25N3O2/c1-22(2,3)27-21(26)25-20-11-15(9-10-16(20)12-23-25)19-14-24(4)13-17-7-5-6-8-18(17)19/h5-12,19H,13-14H2,1-4H3/t19-/m0/s1. The molecule has 1 aliphatic rings. The zero-order valence-electron chi connectivity index (χ0n) is 16.3. The molecule has 2 heterocycles. The maximum atomic E-state index is 12.5. The van der Waals surface area contributed by atoms with Crippen LogP contribution < -0.4 is 0 Å². The number of hydrogen-bond acceptors (Lipinski definition) is 4. The lowest BCUT2D eigenvalue weighted by molar-refractivity contribution is 0.0522. The Morgan fingerprint density at radius 1 is 1.19 bits per heavy atom. The fourth-order valence-electron chi connectivity index (χ4n) is 3.77. The third-order valence-corrected chi connectivity index (χ3v) is 4.93. The van der Waals surface area contributed by atoms with Gasteiger partial charge in [-0.1, -0.05) is 36.4 Å². The molecule has 0 amide bonds. The van der Waals surface area contributed by atoms with E-state index in [0.717, 1.165) is 24.0 Å². The lowest BCUT2D eigenvalue weighted by Gasteiger charge is -2.32. The summed E-state index contributed by atoms with van der Waals surface area (Å²) in [4.78, 5) is 14.9. The molecule has 0 saturated heterocycles. The molecule has 3 aromatic rings. The van der Waals surface area contributed by atoms with Gasteiger partial charge in [0.05, 0.1) is 11.7 Å². The van der Waals surface area contributed by atoms with Crippen molar-refractivity contribution in [3.05, 3.63) is 65.4 Å². The molecule has 0 spiro atoms. The van der Waals surface area contributed by atoms with Crippen LogP contribution in [0, 0.1) is 0 Å². The first-order valence-electron chi connectivity index (χ1n) is 9.29. The van der Waals surface area contributed by atoms with Crippen LogP contribution in [0.4, 0.5) is 4.79 Å². The second-order valence-electron chi connectivity index (χ2n) is 8.30. The van der Waals surface area contributed by atoms with Crippen LogP contribution in [-0.2, 0) is 11.3 Å². The fourth-order valence-corrected chi connectivity index (χ4v) is 3.77. The first-order valence-corrected chi connectivity index (χ1v) is 9.29. The van der Waals surface area contributed by atoms with Gasteiger partial charge < -0.3 is 9.64 Å². The van der Waals surface area contributed by atoms with E-state index < -0.39 is 11.7 Å². The van der Waals surface area contributed by atoms with E-state index in [1.54, 1.807) is 6.20 Å². The molecule has 0 N–H and O–H groups in total. The number of aromatic nitrogens is 2. The van der Waals surface area contributed by atoms with E-state index >= 15 is 0 Å². The van der Waals surface area contributed by atoms with E-state index in [1.807, 2.05) is 26.8 Å². The van der Waals surface area contributed by atoms with Gasteiger partial charge in [-0.25, -0.2) is 4.79 Å². The predicted molar refractivity (Wildman–Crippen MR) is 106 cm³/mol. The molecule has 140 valence electrons. The molecule has 5 heteroatoms. The molecule has 0 bridgehead atoms. The number of carbonyl (C=O) groups is 1. The van der Waals surface area contributed by atoms with Gasteiger partial charge in [0.1, 0.15) is 5.60 Å². The predicted octanol–water partition coefficient (Wildman–Crippen LogP) is 4.40. The highest BCUT2D eigenvalue weighted by Gasteiger charge is 2.26. The summed E-state index contributed by atoms with van der Waals surface area (Å²) in [6.07, 6.45) is 1.26. The summed E-state index contributed by atoms with van der Waals surface area (Å²) in [6.45, 7) is 7.48. The molecule has 1 aliphatic heterocycles. The van der Waals surface area contributed by atoms with Gasteiger partial charge in [-0.15, -0.1) is 0 Å². The Morgan fingerprint density at radius 3 is 2.74 bits per heavy atom. The van der Waals surface area contributed by atoms with Crippen LogP contribution in [0.15, 0.2) is 48.7 Å². The molecule has 0 radical (unpaired) electrons. The molecule has 2 aromatic carbocycles. The zero-order chi connectivity index (χ0) is 19.2. The third-order valence-electron chi connectivity index (χ3n) is 4.93. The van der Waals surface area contributed by atoms with Crippen LogP contribution in [0.5, 0.6) is 0 Å². The summed E-state index contributed by atoms with van der Waals surface area (Å²) >= 11 is 0. The second-order valence-corrected chi connectivity index (χ2v) is 8.30. The average Bonchev–Trinajstić information content (AvgIpc) is 3.02. The first-order chi connectivity index (χ1) is 12.8. The smallest absolute Gasteiger partial charge is 0.435 e. The minimum absolute atomic E-state index is 0.270. The lowest BCUT2D eigenvalue weighted by Crippen LogP contribution is -2.31. The van der Waals surface area contributed by atoms with Crippen molar-refractivity contribution in [2.24, 2.45) is 0 Å². The van der Waals surface area contributed by atoms with Gasteiger partial charge >= 0.3 is 6.09 Å². The SMILES string of the molecule is CN1Cc2ccccc2[C@H](c2ccc3cnn(C(=O)OC(C)(C)C)c3c2)C1. The number of carbonyl (C=O) groups excluding carboxylic acids is 1. The molecule has 5 nitrogen and oxygen atoms in total. The number of rotatable bonds is 1. The molecule has 0 fully saturated rings. The highest BCUT2D eigenvalue weighted by Crippen LogP contribution is 2.34. The Labute approximate surface area is 159 Å². The molecule has 27 heavy (non-hydrogen) atoms. The second kappa shape index (κ2) is 6.50. The van der Waals surface area contributed by atoms with Gasteiger partial charge in [0.2, 0.25) is 0 Å². The summed E-state index contributed by atoms with van der Waals surface area (Å²) in [6, 6.07) is 14.9. The van der Waals surface area contributed by atoms with Gasteiger partial charge in [0.25, 0.3) is 0 Å². The number of nitrogens with zero attached hydrogens (tertiary/aromatic N) is 3. The van der Waals surface area contributed by atoms with Crippen molar-refractivity contribution in [1.82, 2.24) is 14.7 Å². The summed E-state index contributed by atoms with van der Waals surface area (Å²) in [5, 5.41) is 5.19. The van der Waals surface area contributed by atoms with Gasteiger partial charge in [-0.3, -0.25) is 0 Å². The summed E-state index contributed by atoms with van der Waals surface area (Å²) < 4.78 is 6.87. The van der Waals surface area contributed by atoms with Gasteiger partial charge in [-0.05, 0) is 50.6 Å². The van der Waals surface area contributed by atoms with Crippen molar-refractivity contribution in [3.63, 3.8) is 0 Å². The highest BCUT2D eigenvalue weighted by molar-refractivity contribution is 5.88. The molecule has 4 rings (SSSR count). The first kappa shape index (κ1) is 17.7. The summed E-state index contributed by atoms with van der Waals surface area (Å²) in [7, 11) is 2.15. The van der Waals surface area contributed by atoms with Crippen molar-refractivity contribution in [2.45, 2.75) is 38.8 Å². The maximum Gasteiger partial charge on any atom is 0.435 e. The number of likely N-dealkylation sites (N-methyl/N-ethyl adjacent to an activating group) is 1. The van der Waals surface area contributed by atoms with E-state index in [-0.39, 0.29) is 5.92 Å². The van der Waals surface area contributed by atoms with E-state index in [2.05, 4.69) is 53.4 Å². The fraction of sp³-hybridized carbons (Fsp3) is 0.364. The number of fused-ring (bicyclic) bond motifs is 2. The third kappa shape index (κ3) is 3.47. The molecule has 0 unspecified atom stereocenters. The number of benzene rings is 2. The Hall–Kier alpha value is -2.66. The van der Waals surface area contributed by atoms with Crippen LogP contribution in [0.1, 0.15) is 43.4 Å². The zero-order valence-corrected chi connectivity index (χ0v) is 16.3. The van der Waals surface area contributed by atoms with Crippen molar-refractivity contribution >= 4 is 17.0 Å². The Kier molecular flexibility index (Phi) is 4.27. The molecule has 0 aliphatic carbocycles. The van der Waals surface area contributed by atoms with E-state index in [0.29, 0.717) is 0 Å². The van der Waals surface area contributed by atoms with Crippen LogP contribution in [0.2, 0.25) is 0 Å². The van der Waals surface area contributed by atoms with Crippen molar-refractivity contribution in [2.75, 3.05) is 13.6 Å².